The number of fused-ring (bicyclic) bond motifs is 25. The summed E-state index contributed by atoms with van der Waals surface area (Å²) in [6, 6.07) is 156. The van der Waals surface area contributed by atoms with Crippen molar-refractivity contribution in [3.63, 3.8) is 0 Å². The van der Waals surface area contributed by atoms with E-state index in [1.165, 1.54) is 219 Å². The highest BCUT2D eigenvalue weighted by Crippen LogP contribution is 2.47. The highest BCUT2D eigenvalue weighted by molar-refractivity contribution is 6.33. The van der Waals surface area contributed by atoms with Crippen molar-refractivity contribution in [1.82, 2.24) is 18.3 Å². The molecule has 0 radical (unpaired) electrons. The number of rotatable bonds is 8. The smallest absolute Gasteiger partial charge is 0.0541 e. The minimum absolute atomic E-state index is 1.15. The van der Waals surface area contributed by atoms with E-state index in [-0.39, 0.29) is 0 Å². The van der Waals surface area contributed by atoms with Crippen molar-refractivity contribution in [1.29, 1.82) is 0 Å². The van der Waals surface area contributed by atoms with Crippen LogP contribution in [-0.2, 0) is 0 Å². The second-order valence-electron chi connectivity index (χ2n) is 31.0. The molecule has 4 aromatic heterocycles. The first-order valence-corrected chi connectivity index (χ1v) is 40.1. The Balaban J connectivity index is 0.000000134. The first-order valence-electron chi connectivity index (χ1n) is 40.1. The second-order valence-corrected chi connectivity index (χ2v) is 31.0. The van der Waals surface area contributed by atoms with Gasteiger partial charge in [-0.2, -0.15) is 0 Å². The summed E-state index contributed by atoms with van der Waals surface area (Å²) in [5.74, 6) is 0. The van der Waals surface area contributed by atoms with Crippen molar-refractivity contribution >= 4 is 163 Å². The fraction of sp³-hybridized carbons (Fsp3) is 0. The third kappa shape index (κ3) is 10.2. The molecule has 0 aliphatic heterocycles. The molecule has 25 aromatic rings. The van der Waals surface area contributed by atoms with Crippen LogP contribution in [0.4, 0.5) is 0 Å². The van der Waals surface area contributed by atoms with Gasteiger partial charge in [0, 0.05) is 65.8 Å². The molecule has 4 nitrogen and oxygen atoms in total. The first-order chi connectivity index (χ1) is 57.5. The van der Waals surface area contributed by atoms with Gasteiger partial charge in [0.2, 0.25) is 0 Å². The summed E-state index contributed by atoms with van der Waals surface area (Å²) in [6.07, 6.45) is 0. The van der Waals surface area contributed by atoms with Gasteiger partial charge in [0.05, 0.1) is 44.1 Å². The van der Waals surface area contributed by atoms with Crippen LogP contribution in [-0.4, -0.2) is 18.3 Å². The van der Waals surface area contributed by atoms with Crippen LogP contribution >= 0.6 is 0 Å². The highest BCUT2D eigenvalue weighted by atomic mass is 15.0. The van der Waals surface area contributed by atoms with Crippen LogP contribution in [0.5, 0.6) is 0 Å². The van der Waals surface area contributed by atoms with Gasteiger partial charge in [-0.05, 0) is 253 Å². The van der Waals surface area contributed by atoms with Crippen LogP contribution in [0.25, 0.3) is 230 Å². The van der Waals surface area contributed by atoms with E-state index in [4.69, 9.17) is 0 Å². The Bertz CT molecular complexity index is 8380. The third-order valence-corrected chi connectivity index (χ3v) is 24.8. The van der Waals surface area contributed by atoms with Gasteiger partial charge in [-0.15, -0.1) is 0 Å². The van der Waals surface area contributed by atoms with E-state index in [1.54, 1.807) is 0 Å². The van der Waals surface area contributed by atoms with Gasteiger partial charge in [-0.25, -0.2) is 0 Å². The van der Waals surface area contributed by atoms with E-state index in [2.05, 4.69) is 443 Å². The van der Waals surface area contributed by atoms with E-state index in [0.29, 0.717) is 0 Å². The maximum absolute atomic E-state index is 2.45. The Morgan fingerprint density at radius 2 is 0.422 bits per heavy atom. The van der Waals surface area contributed by atoms with Crippen LogP contribution in [0, 0.1) is 0 Å². The molecule has 0 saturated heterocycles. The fourth-order valence-electron chi connectivity index (χ4n) is 19.5. The molecular formula is C112H70N4. The second kappa shape index (κ2) is 26.1. The highest BCUT2D eigenvalue weighted by Gasteiger charge is 2.22. The molecule has 0 aliphatic carbocycles. The molecule has 116 heavy (non-hydrogen) atoms. The molecule has 4 heterocycles. The maximum atomic E-state index is 2.45. The molecule has 0 unspecified atom stereocenters. The summed E-state index contributed by atoms with van der Waals surface area (Å²) in [4.78, 5) is 0. The van der Waals surface area contributed by atoms with Gasteiger partial charge < -0.3 is 18.3 Å². The van der Waals surface area contributed by atoms with Gasteiger partial charge >= 0.3 is 0 Å². The van der Waals surface area contributed by atoms with Crippen molar-refractivity contribution in [2.24, 2.45) is 0 Å². The molecule has 0 amide bonds. The Kier molecular flexibility index (Phi) is 14.7. The third-order valence-electron chi connectivity index (χ3n) is 24.8. The van der Waals surface area contributed by atoms with Gasteiger partial charge in [-0.3, -0.25) is 0 Å². The minimum atomic E-state index is 1.15. The molecule has 21 aromatic carbocycles. The lowest BCUT2D eigenvalue weighted by atomic mass is 9.87. The number of hydrogen-bond acceptors (Lipinski definition) is 0. The van der Waals surface area contributed by atoms with Crippen molar-refractivity contribution in [2.45, 2.75) is 0 Å². The average Bonchev–Trinajstić information content (AvgIpc) is 1.10. The number of aromatic nitrogens is 4. The lowest BCUT2D eigenvalue weighted by Gasteiger charge is -2.17. The van der Waals surface area contributed by atoms with Crippen LogP contribution in [0.1, 0.15) is 0 Å². The molecule has 0 fully saturated rings. The lowest BCUT2D eigenvalue weighted by molar-refractivity contribution is 1.18. The van der Waals surface area contributed by atoms with Gasteiger partial charge in [0.25, 0.3) is 0 Å². The van der Waals surface area contributed by atoms with Crippen molar-refractivity contribution in [3.05, 3.63) is 425 Å². The van der Waals surface area contributed by atoms with E-state index >= 15 is 0 Å². The summed E-state index contributed by atoms with van der Waals surface area (Å²) >= 11 is 0. The van der Waals surface area contributed by atoms with E-state index < -0.39 is 0 Å². The Labute approximate surface area is 668 Å². The average molecular weight is 1470 g/mol. The van der Waals surface area contributed by atoms with Crippen molar-refractivity contribution < 1.29 is 0 Å². The molecule has 0 bridgehead atoms. The Hall–Kier alpha value is -15.4. The molecule has 25 rings (SSSR count). The molecule has 4 heteroatoms. The number of nitrogens with zero attached hydrogens (tertiary/aromatic N) is 4. The predicted octanol–water partition coefficient (Wildman–Crippen LogP) is 30.5. The fourth-order valence-corrected chi connectivity index (χ4v) is 19.5. The molecule has 0 saturated carbocycles. The predicted molar refractivity (Wildman–Crippen MR) is 495 cm³/mol. The first kappa shape index (κ1) is 65.4. The zero-order valence-electron chi connectivity index (χ0n) is 63.2. The van der Waals surface area contributed by atoms with E-state index in [9.17, 15) is 0 Å². The van der Waals surface area contributed by atoms with Gasteiger partial charge in [0.15, 0.2) is 0 Å². The zero-order valence-corrected chi connectivity index (χ0v) is 63.2. The van der Waals surface area contributed by atoms with Crippen LogP contribution in [0.15, 0.2) is 425 Å². The summed E-state index contributed by atoms with van der Waals surface area (Å²) in [5, 5.41) is 28.1. The van der Waals surface area contributed by atoms with Crippen molar-refractivity contribution in [3.8, 4) is 67.3 Å². The van der Waals surface area contributed by atoms with Crippen LogP contribution in [0.3, 0.4) is 0 Å². The zero-order chi connectivity index (χ0) is 76.1. The number of hydrogen-bond donors (Lipinski definition) is 0. The Morgan fingerprint density at radius 3 is 0.905 bits per heavy atom. The van der Waals surface area contributed by atoms with Crippen molar-refractivity contribution in [2.75, 3.05) is 0 Å². The quantitative estimate of drug-likeness (QED) is 0.135. The summed E-state index contributed by atoms with van der Waals surface area (Å²) in [5.41, 5.74) is 24.0. The number of para-hydroxylation sites is 6. The van der Waals surface area contributed by atoms with Gasteiger partial charge in [-0.1, -0.05) is 291 Å². The lowest BCUT2D eigenvalue weighted by Crippen LogP contribution is -1.95. The SMILES string of the molecule is c1ccc(-n2c3ccccc3c3cc(-c4ccc5c(c4)c4ccccc4n5-c4ccc(-c5ccc6c(ccc7c8ccccc8ccc67)c5)cc4)ccc32)cc1.c1ccc(-n2c3ccccc3c3cc(-c4ccc5c(c4)c4ccccc4n5-c4cccc(-c5cc6c7ccccc7c7ccccc7c6c6ccccc56)c4)ccc32)cc1. The van der Waals surface area contributed by atoms with Gasteiger partial charge in [0.1, 0.15) is 0 Å². The van der Waals surface area contributed by atoms with Crippen LogP contribution in [0.2, 0.25) is 0 Å². The Morgan fingerprint density at radius 1 is 0.121 bits per heavy atom. The molecule has 0 aliphatic rings. The maximum Gasteiger partial charge on any atom is 0.0541 e. The summed E-state index contributed by atoms with van der Waals surface area (Å²) < 4.78 is 9.61. The summed E-state index contributed by atoms with van der Waals surface area (Å²) in [7, 11) is 0. The topological polar surface area (TPSA) is 19.7 Å². The molecule has 538 valence electrons. The molecular weight excluding hydrogens is 1400 g/mol. The molecule has 0 N–H and O–H groups in total. The monoisotopic (exact) mass is 1470 g/mol. The molecule has 0 spiro atoms. The minimum Gasteiger partial charge on any atom is -0.309 e. The van der Waals surface area contributed by atoms with E-state index in [0.717, 1.165) is 11.4 Å². The number of benzene rings is 21. The standard InChI is InChI=1S/C58H36N2.C54H34N2/c1-2-16-40(17-3-1)59-54-27-12-10-23-46(54)51-34-37(29-31-56(51)59)38-30-32-57-52(35-38)47-24-11-13-28-55(47)60(57)41-18-14-15-39(33-41)50-36-53-44-21-5-4-19-42(44)43-20-6-8-25-48(43)58(53)49-26-9-7-22-45(49)50;1-2-11-41(12-3-1)55-51-16-8-6-14-47(51)49-33-38(23-30-53(49)55)39-24-31-54-50(34-39)48-15-7-9-17-52(48)56(54)42-25-18-35(19-26-42)37-21-27-44-40(32-37)22-29-45-43-13-5-4-10-36(43)20-28-46(44)45/h1-36H;1-34H. The van der Waals surface area contributed by atoms with E-state index in [1.807, 2.05) is 0 Å². The van der Waals surface area contributed by atoms with Crippen LogP contribution < -0.4 is 0 Å². The molecule has 0 atom stereocenters. The largest absolute Gasteiger partial charge is 0.309 e. The summed E-state index contributed by atoms with van der Waals surface area (Å²) in [6.45, 7) is 0. The normalized spacial score (nSPS) is 12.0.